The minimum atomic E-state index is -0.769. The zero-order valence-corrected chi connectivity index (χ0v) is 15.1. The summed E-state index contributed by atoms with van der Waals surface area (Å²) in [4.78, 5) is 27.6. The van der Waals surface area contributed by atoms with Crippen LogP contribution in [0, 0.1) is 0 Å². The number of carbonyl (C=O) groups is 2. The highest BCUT2D eigenvalue weighted by molar-refractivity contribution is 5.94. The first-order valence-electron chi connectivity index (χ1n) is 9.03. The van der Waals surface area contributed by atoms with Gasteiger partial charge in [0.25, 0.3) is 5.91 Å². The van der Waals surface area contributed by atoms with Gasteiger partial charge in [-0.3, -0.25) is 9.59 Å². The first-order valence-corrected chi connectivity index (χ1v) is 9.03. The van der Waals surface area contributed by atoms with E-state index in [9.17, 15) is 9.59 Å². The summed E-state index contributed by atoms with van der Waals surface area (Å²) in [6, 6.07) is 7.22. The van der Waals surface area contributed by atoms with E-state index >= 15 is 0 Å². The van der Waals surface area contributed by atoms with Crippen LogP contribution in [-0.2, 0) is 9.53 Å². The molecule has 1 aromatic carbocycles. The van der Waals surface area contributed by atoms with Crippen molar-refractivity contribution in [1.29, 1.82) is 0 Å². The minimum Gasteiger partial charge on any atom is -0.497 e. The van der Waals surface area contributed by atoms with Crippen molar-refractivity contribution >= 4 is 11.9 Å². The highest BCUT2D eigenvalue weighted by Crippen LogP contribution is 2.31. The summed E-state index contributed by atoms with van der Waals surface area (Å²) >= 11 is 0. The number of piperidine rings is 1. The summed E-state index contributed by atoms with van der Waals surface area (Å²) < 4.78 is 11.3. The van der Waals surface area contributed by atoms with Gasteiger partial charge in [0.15, 0.2) is 0 Å². The van der Waals surface area contributed by atoms with Crippen molar-refractivity contribution in [2.24, 2.45) is 0 Å². The number of morpholine rings is 1. The topological polar surface area (TPSA) is 79.3 Å². The highest BCUT2D eigenvalue weighted by Gasteiger charge is 2.41. The molecule has 2 heterocycles. The molecule has 1 spiro atoms. The standard InChI is InChI=1S/C19H26N2O5/c1-25-16-4-2-3-15(13-16)18(24)21-11-12-26-19(14-21)6-9-20(10-7-19)8-5-17(22)23/h2-4,13H,5-12,14H2,1H3,(H,22,23). The highest BCUT2D eigenvalue weighted by atomic mass is 16.5. The number of benzene rings is 1. The molecule has 0 saturated carbocycles. The van der Waals surface area contributed by atoms with Gasteiger partial charge in [-0.1, -0.05) is 6.07 Å². The first kappa shape index (κ1) is 18.7. The van der Waals surface area contributed by atoms with Gasteiger partial charge >= 0.3 is 5.97 Å². The fraction of sp³-hybridized carbons (Fsp3) is 0.579. The lowest BCUT2D eigenvalue weighted by atomic mass is 9.89. The van der Waals surface area contributed by atoms with E-state index in [1.165, 1.54) is 0 Å². The van der Waals surface area contributed by atoms with Crippen LogP contribution in [0.1, 0.15) is 29.6 Å². The Morgan fingerprint density at radius 3 is 2.73 bits per heavy atom. The van der Waals surface area contributed by atoms with Gasteiger partial charge < -0.3 is 24.4 Å². The zero-order chi connectivity index (χ0) is 18.6. The number of carboxylic acids is 1. The van der Waals surface area contributed by atoms with Crippen LogP contribution in [0.5, 0.6) is 5.75 Å². The number of nitrogens with zero attached hydrogens (tertiary/aromatic N) is 2. The minimum absolute atomic E-state index is 0.000109. The van der Waals surface area contributed by atoms with Crippen LogP contribution in [0.2, 0.25) is 0 Å². The fourth-order valence-electron chi connectivity index (χ4n) is 3.70. The molecule has 1 amide bonds. The molecule has 2 aliphatic rings. The van der Waals surface area contributed by atoms with Crippen molar-refractivity contribution in [2.75, 3.05) is 46.4 Å². The molecular formula is C19H26N2O5. The predicted octanol–water partition coefficient (Wildman–Crippen LogP) is 1.48. The van der Waals surface area contributed by atoms with Gasteiger partial charge in [0.1, 0.15) is 5.75 Å². The van der Waals surface area contributed by atoms with Crippen LogP contribution < -0.4 is 4.74 Å². The lowest BCUT2D eigenvalue weighted by Crippen LogP contribution is -2.58. The fourth-order valence-corrected chi connectivity index (χ4v) is 3.70. The third kappa shape index (κ3) is 4.34. The van der Waals surface area contributed by atoms with Crippen molar-refractivity contribution in [3.63, 3.8) is 0 Å². The number of rotatable bonds is 5. The van der Waals surface area contributed by atoms with Crippen molar-refractivity contribution in [2.45, 2.75) is 24.9 Å². The normalized spacial score (nSPS) is 20.1. The smallest absolute Gasteiger partial charge is 0.304 e. The van der Waals surface area contributed by atoms with Gasteiger partial charge in [0, 0.05) is 31.7 Å². The van der Waals surface area contributed by atoms with E-state index < -0.39 is 5.97 Å². The molecule has 142 valence electrons. The van der Waals surface area contributed by atoms with Crippen molar-refractivity contribution < 1.29 is 24.2 Å². The molecule has 1 aromatic rings. The van der Waals surface area contributed by atoms with E-state index in [0.29, 0.717) is 37.6 Å². The monoisotopic (exact) mass is 362 g/mol. The lowest BCUT2D eigenvalue weighted by molar-refractivity contribution is -0.139. The average molecular weight is 362 g/mol. The van der Waals surface area contributed by atoms with Crippen LogP contribution in [0.3, 0.4) is 0 Å². The van der Waals surface area contributed by atoms with E-state index in [4.69, 9.17) is 14.6 Å². The summed E-state index contributed by atoms with van der Waals surface area (Å²) in [5, 5.41) is 8.82. The Morgan fingerprint density at radius 2 is 2.04 bits per heavy atom. The van der Waals surface area contributed by atoms with Gasteiger partial charge in [0.05, 0.1) is 32.3 Å². The first-order chi connectivity index (χ1) is 12.5. The van der Waals surface area contributed by atoms with Gasteiger partial charge in [-0.2, -0.15) is 0 Å². The number of ether oxygens (including phenoxy) is 2. The summed E-state index contributed by atoms with van der Waals surface area (Å²) in [7, 11) is 1.59. The van der Waals surface area contributed by atoms with Gasteiger partial charge in [-0.05, 0) is 31.0 Å². The molecule has 1 N–H and O–H groups in total. The number of amides is 1. The number of carboxylic acid groups (broad SMARTS) is 1. The van der Waals surface area contributed by atoms with E-state index in [1.807, 2.05) is 23.1 Å². The molecule has 0 atom stereocenters. The molecule has 0 bridgehead atoms. The Hall–Kier alpha value is -2.12. The average Bonchev–Trinajstić information content (AvgIpc) is 2.67. The van der Waals surface area contributed by atoms with Gasteiger partial charge in [-0.25, -0.2) is 0 Å². The van der Waals surface area contributed by atoms with E-state index in [1.54, 1.807) is 13.2 Å². The quantitative estimate of drug-likeness (QED) is 0.855. The molecule has 7 heteroatoms. The summed E-state index contributed by atoms with van der Waals surface area (Å²) in [5.74, 6) is -0.0975. The number of hydrogen-bond acceptors (Lipinski definition) is 5. The molecule has 2 fully saturated rings. The molecule has 2 aliphatic heterocycles. The summed E-state index contributed by atoms with van der Waals surface area (Å²) in [5.41, 5.74) is 0.312. The second kappa shape index (κ2) is 8.05. The molecule has 26 heavy (non-hydrogen) atoms. The Morgan fingerprint density at radius 1 is 1.27 bits per heavy atom. The van der Waals surface area contributed by atoms with Crippen LogP contribution >= 0.6 is 0 Å². The third-order valence-electron chi connectivity index (χ3n) is 5.26. The van der Waals surface area contributed by atoms with E-state index in [-0.39, 0.29) is 17.9 Å². The number of carbonyl (C=O) groups excluding carboxylic acids is 1. The molecule has 7 nitrogen and oxygen atoms in total. The van der Waals surface area contributed by atoms with Crippen LogP contribution in [-0.4, -0.2) is 78.8 Å². The Kier molecular flexibility index (Phi) is 5.78. The number of methoxy groups -OCH3 is 1. The van der Waals surface area contributed by atoms with Gasteiger partial charge in [0.2, 0.25) is 0 Å². The van der Waals surface area contributed by atoms with Crippen molar-refractivity contribution in [1.82, 2.24) is 9.80 Å². The molecule has 0 aromatic heterocycles. The van der Waals surface area contributed by atoms with Crippen molar-refractivity contribution in [3.8, 4) is 5.75 Å². The molecular weight excluding hydrogens is 336 g/mol. The Bertz CT molecular complexity index is 655. The Labute approximate surface area is 153 Å². The third-order valence-corrected chi connectivity index (χ3v) is 5.26. The lowest BCUT2D eigenvalue weighted by Gasteiger charge is -2.47. The van der Waals surface area contributed by atoms with Crippen molar-refractivity contribution in [3.05, 3.63) is 29.8 Å². The molecule has 0 radical (unpaired) electrons. The van der Waals surface area contributed by atoms with Crippen LogP contribution in [0.15, 0.2) is 24.3 Å². The maximum absolute atomic E-state index is 12.9. The zero-order valence-electron chi connectivity index (χ0n) is 15.1. The van der Waals surface area contributed by atoms with Crippen LogP contribution in [0.25, 0.3) is 0 Å². The summed E-state index contributed by atoms with van der Waals surface area (Å²) in [6.45, 7) is 3.86. The Balaban J connectivity index is 1.60. The number of aliphatic carboxylic acids is 1. The maximum atomic E-state index is 12.9. The van der Waals surface area contributed by atoms with Crippen LogP contribution in [0.4, 0.5) is 0 Å². The van der Waals surface area contributed by atoms with E-state index in [2.05, 4.69) is 4.90 Å². The maximum Gasteiger partial charge on any atom is 0.304 e. The molecule has 0 unspecified atom stereocenters. The number of hydrogen-bond donors (Lipinski definition) is 1. The largest absolute Gasteiger partial charge is 0.497 e. The predicted molar refractivity (Wildman–Crippen MR) is 95.5 cm³/mol. The second-order valence-corrected chi connectivity index (χ2v) is 6.98. The second-order valence-electron chi connectivity index (χ2n) is 6.98. The number of likely N-dealkylation sites (tertiary alicyclic amines) is 1. The van der Waals surface area contributed by atoms with Gasteiger partial charge in [-0.15, -0.1) is 0 Å². The molecule has 0 aliphatic carbocycles. The molecule has 2 saturated heterocycles. The summed E-state index contributed by atoms with van der Waals surface area (Å²) in [6.07, 6.45) is 1.79. The van der Waals surface area contributed by atoms with E-state index in [0.717, 1.165) is 25.9 Å². The molecule has 3 rings (SSSR count). The SMILES string of the molecule is COc1cccc(C(=O)N2CCOC3(CCN(CCC(=O)O)CC3)C2)c1.